The number of aliphatic hydroxyl groups is 1. The molecule has 0 bridgehead atoms. The highest BCUT2D eigenvalue weighted by atomic mass is 79.9. The van der Waals surface area contributed by atoms with Crippen molar-refractivity contribution in [1.82, 2.24) is 0 Å². The second kappa shape index (κ2) is 5.60. The molecule has 7 heteroatoms. The van der Waals surface area contributed by atoms with E-state index in [1.165, 1.54) is 26.0 Å². The zero-order valence-electron chi connectivity index (χ0n) is 10.6. The molecule has 106 valence electrons. The fraction of sp³-hybridized carbons (Fsp3) is 0.417. The monoisotopic (exact) mass is 350 g/mol. The van der Waals surface area contributed by atoms with E-state index in [-0.39, 0.29) is 22.6 Å². The summed E-state index contributed by atoms with van der Waals surface area (Å²) in [5.74, 6) is -1.44. The van der Waals surface area contributed by atoms with Crippen LogP contribution in [0.15, 0.2) is 27.6 Å². The normalized spacial score (nSPS) is 12.4. The van der Waals surface area contributed by atoms with Gasteiger partial charge in [0.1, 0.15) is 0 Å². The van der Waals surface area contributed by atoms with E-state index in [1.54, 1.807) is 0 Å². The minimum atomic E-state index is -3.65. The van der Waals surface area contributed by atoms with Crippen molar-refractivity contribution in [1.29, 1.82) is 0 Å². The Kier molecular flexibility index (Phi) is 4.76. The fourth-order valence-corrected chi connectivity index (χ4v) is 4.02. The zero-order valence-corrected chi connectivity index (χ0v) is 13.0. The number of carboxylic acids is 1. The van der Waals surface area contributed by atoms with E-state index in [4.69, 9.17) is 5.11 Å². The lowest BCUT2D eigenvalue weighted by Crippen LogP contribution is -2.23. The molecule has 0 spiro atoms. The molecular weight excluding hydrogens is 336 g/mol. The summed E-state index contributed by atoms with van der Waals surface area (Å²) in [4.78, 5) is 10.8. The van der Waals surface area contributed by atoms with E-state index < -0.39 is 21.4 Å². The summed E-state index contributed by atoms with van der Waals surface area (Å²) in [6, 6.07) is 3.83. The number of sulfone groups is 1. The standard InChI is InChI=1S/C12H15BrO5S/c1-12(2,16)5-6-19(17,18)10-7-8(11(14)15)3-4-9(10)13/h3-4,7,16H,5-6H2,1-2H3,(H,14,15). The number of aromatic carboxylic acids is 1. The van der Waals surface area contributed by atoms with E-state index in [0.717, 1.165) is 6.07 Å². The average molecular weight is 351 g/mol. The van der Waals surface area contributed by atoms with Gasteiger partial charge >= 0.3 is 5.97 Å². The molecule has 0 radical (unpaired) electrons. The van der Waals surface area contributed by atoms with Crippen LogP contribution in [0.5, 0.6) is 0 Å². The molecule has 0 amide bonds. The summed E-state index contributed by atoms with van der Waals surface area (Å²) in [5, 5.41) is 18.4. The van der Waals surface area contributed by atoms with Crippen LogP contribution in [0.3, 0.4) is 0 Å². The van der Waals surface area contributed by atoms with E-state index in [1.807, 2.05) is 0 Å². The van der Waals surface area contributed by atoms with Gasteiger partial charge in [-0.15, -0.1) is 0 Å². The number of halogens is 1. The Morgan fingerprint density at radius 2 is 1.95 bits per heavy atom. The Morgan fingerprint density at radius 3 is 2.42 bits per heavy atom. The van der Waals surface area contributed by atoms with E-state index >= 15 is 0 Å². The van der Waals surface area contributed by atoms with Crippen LogP contribution < -0.4 is 0 Å². The zero-order chi connectivity index (χ0) is 14.8. The van der Waals surface area contributed by atoms with E-state index in [0.29, 0.717) is 4.47 Å². The van der Waals surface area contributed by atoms with Crippen LogP contribution in [0.2, 0.25) is 0 Å². The molecule has 0 aliphatic rings. The lowest BCUT2D eigenvalue weighted by atomic mass is 10.1. The molecule has 0 aliphatic carbocycles. The van der Waals surface area contributed by atoms with Gasteiger partial charge in [0.25, 0.3) is 0 Å². The van der Waals surface area contributed by atoms with Crippen molar-refractivity contribution in [3.63, 3.8) is 0 Å². The highest BCUT2D eigenvalue weighted by Crippen LogP contribution is 2.26. The Labute approximate surface area is 120 Å². The summed E-state index contributed by atoms with van der Waals surface area (Å²) in [6.07, 6.45) is 0.0685. The van der Waals surface area contributed by atoms with Gasteiger partial charge in [0.15, 0.2) is 9.84 Å². The molecule has 0 saturated heterocycles. The molecule has 1 rings (SSSR count). The molecule has 0 fully saturated rings. The van der Waals surface area contributed by atoms with Crippen LogP contribution in [0, 0.1) is 0 Å². The maximum atomic E-state index is 12.1. The SMILES string of the molecule is CC(C)(O)CCS(=O)(=O)c1cc(C(=O)O)ccc1Br. The summed E-state index contributed by atoms with van der Waals surface area (Å²) in [7, 11) is -3.65. The van der Waals surface area contributed by atoms with Crippen LogP contribution in [-0.4, -0.2) is 36.0 Å². The third-order valence-electron chi connectivity index (χ3n) is 2.50. The van der Waals surface area contributed by atoms with Gasteiger partial charge in [-0.05, 0) is 54.4 Å². The minimum absolute atomic E-state index is 0.0685. The minimum Gasteiger partial charge on any atom is -0.478 e. The van der Waals surface area contributed by atoms with Crippen LogP contribution in [0.25, 0.3) is 0 Å². The number of carbonyl (C=O) groups is 1. The number of carboxylic acid groups (broad SMARTS) is 1. The van der Waals surface area contributed by atoms with Gasteiger partial charge in [0, 0.05) is 4.47 Å². The van der Waals surface area contributed by atoms with Crippen molar-refractivity contribution in [3.8, 4) is 0 Å². The van der Waals surface area contributed by atoms with Crippen LogP contribution in [0.4, 0.5) is 0 Å². The molecule has 5 nitrogen and oxygen atoms in total. The third kappa shape index (κ3) is 4.59. The summed E-state index contributed by atoms with van der Waals surface area (Å²) >= 11 is 3.10. The quantitative estimate of drug-likeness (QED) is 0.848. The highest BCUT2D eigenvalue weighted by Gasteiger charge is 2.23. The van der Waals surface area contributed by atoms with Gasteiger partial charge in [0.2, 0.25) is 0 Å². The fourth-order valence-electron chi connectivity index (χ4n) is 1.37. The van der Waals surface area contributed by atoms with Gasteiger partial charge in [-0.1, -0.05) is 0 Å². The molecular formula is C12H15BrO5S. The summed E-state index contributed by atoms with van der Waals surface area (Å²) < 4.78 is 24.6. The second-order valence-electron chi connectivity index (χ2n) is 4.83. The lowest BCUT2D eigenvalue weighted by Gasteiger charge is -2.17. The first-order valence-corrected chi connectivity index (χ1v) is 7.95. The van der Waals surface area contributed by atoms with Crippen molar-refractivity contribution >= 4 is 31.7 Å². The maximum absolute atomic E-state index is 12.1. The number of benzene rings is 1. The van der Waals surface area contributed by atoms with Gasteiger partial charge in [-0.3, -0.25) is 0 Å². The molecule has 0 saturated carbocycles. The predicted molar refractivity (Wildman–Crippen MR) is 74.1 cm³/mol. The Bertz CT molecular complexity index is 587. The van der Waals surface area contributed by atoms with Crippen LogP contribution in [0.1, 0.15) is 30.6 Å². The van der Waals surface area contributed by atoms with E-state index in [2.05, 4.69) is 15.9 Å². The topological polar surface area (TPSA) is 91.7 Å². The third-order valence-corrected chi connectivity index (χ3v) is 5.20. The second-order valence-corrected chi connectivity index (χ2v) is 7.76. The Balaban J connectivity index is 3.14. The molecule has 1 aromatic rings. The van der Waals surface area contributed by atoms with E-state index in [9.17, 15) is 18.3 Å². The molecule has 0 atom stereocenters. The number of hydrogen-bond acceptors (Lipinski definition) is 4. The molecule has 19 heavy (non-hydrogen) atoms. The van der Waals surface area contributed by atoms with Crippen LogP contribution in [-0.2, 0) is 9.84 Å². The number of hydrogen-bond donors (Lipinski definition) is 2. The number of rotatable bonds is 5. The first-order valence-electron chi connectivity index (χ1n) is 5.51. The Morgan fingerprint density at radius 1 is 1.37 bits per heavy atom. The highest BCUT2D eigenvalue weighted by molar-refractivity contribution is 9.10. The van der Waals surface area contributed by atoms with Crippen molar-refractivity contribution in [2.24, 2.45) is 0 Å². The first kappa shape index (κ1) is 16.1. The molecule has 1 aromatic carbocycles. The first-order chi connectivity index (χ1) is 8.53. The maximum Gasteiger partial charge on any atom is 0.335 e. The molecule has 0 heterocycles. The average Bonchev–Trinajstić information content (AvgIpc) is 2.25. The van der Waals surface area contributed by atoms with Crippen LogP contribution >= 0.6 is 15.9 Å². The van der Waals surface area contributed by atoms with Gasteiger partial charge in [-0.2, -0.15) is 0 Å². The van der Waals surface area contributed by atoms with Crippen molar-refractivity contribution < 1.29 is 23.4 Å². The smallest absolute Gasteiger partial charge is 0.335 e. The summed E-state index contributed by atoms with van der Waals surface area (Å²) in [5.41, 5.74) is -1.19. The Hall–Kier alpha value is -0.920. The van der Waals surface area contributed by atoms with Crippen molar-refractivity contribution in [2.45, 2.75) is 30.8 Å². The molecule has 0 unspecified atom stereocenters. The predicted octanol–water partition coefficient (Wildman–Crippen LogP) is 2.08. The van der Waals surface area contributed by atoms with Crippen molar-refractivity contribution in [3.05, 3.63) is 28.2 Å². The van der Waals surface area contributed by atoms with Gasteiger partial charge in [-0.25, -0.2) is 13.2 Å². The van der Waals surface area contributed by atoms with Gasteiger partial charge in [0.05, 0.1) is 21.8 Å². The molecule has 2 N–H and O–H groups in total. The summed E-state index contributed by atoms with van der Waals surface area (Å²) in [6.45, 7) is 3.04. The largest absolute Gasteiger partial charge is 0.478 e. The van der Waals surface area contributed by atoms with Gasteiger partial charge < -0.3 is 10.2 Å². The molecule has 0 aromatic heterocycles. The van der Waals surface area contributed by atoms with Crippen molar-refractivity contribution in [2.75, 3.05) is 5.75 Å². The lowest BCUT2D eigenvalue weighted by molar-refractivity contribution is 0.0695. The molecule has 0 aliphatic heterocycles.